The second-order valence-electron chi connectivity index (χ2n) is 11.3. The summed E-state index contributed by atoms with van der Waals surface area (Å²) in [4.78, 5) is 0. The van der Waals surface area contributed by atoms with Gasteiger partial charge in [-0.05, 0) is 111 Å². The van der Waals surface area contributed by atoms with E-state index < -0.39 is 0 Å². The highest BCUT2D eigenvalue weighted by atomic mass is 14.4. The zero-order valence-electron chi connectivity index (χ0n) is 20.0. The Morgan fingerprint density at radius 2 is 1.32 bits per heavy atom. The van der Waals surface area contributed by atoms with E-state index in [0.717, 1.165) is 41.1 Å². The van der Waals surface area contributed by atoms with Gasteiger partial charge in [0.25, 0.3) is 0 Å². The predicted molar refractivity (Wildman–Crippen MR) is 131 cm³/mol. The zero-order valence-corrected chi connectivity index (χ0v) is 20.0. The van der Waals surface area contributed by atoms with Gasteiger partial charge in [-0.25, -0.2) is 0 Å². The Hall–Kier alpha value is -1.29. The van der Waals surface area contributed by atoms with Crippen molar-refractivity contribution in [1.29, 1.82) is 5.26 Å². The molecule has 1 aromatic rings. The van der Waals surface area contributed by atoms with Crippen LogP contribution in [-0.4, -0.2) is 0 Å². The van der Waals surface area contributed by atoms with Crippen LogP contribution in [0.3, 0.4) is 0 Å². The molecule has 0 radical (unpaired) electrons. The van der Waals surface area contributed by atoms with Crippen LogP contribution in [-0.2, 0) is 0 Å². The van der Waals surface area contributed by atoms with Gasteiger partial charge in [0, 0.05) is 0 Å². The summed E-state index contributed by atoms with van der Waals surface area (Å²) in [5.74, 6) is 5.93. The normalized spacial score (nSPS) is 33.4. The lowest BCUT2D eigenvalue weighted by atomic mass is 9.60. The molecule has 31 heavy (non-hydrogen) atoms. The van der Waals surface area contributed by atoms with E-state index in [4.69, 9.17) is 5.26 Å². The molecule has 1 nitrogen and oxygen atoms in total. The van der Waals surface area contributed by atoms with Gasteiger partial charge in [-0.15, -0.1) is 0 Å². The number of nitriles is 1. The van der Waals surface area contributed by atoms with Crippen molar-refractivity contribution in [1.82, 2.24) is 0 Å². The summed E-state index contributed by atoms with van der Waals surface area (Å²) in [6, 6.07) is 10.7. The molecule has 3 saturated carbocycles. The maximum absolute atomic E-state index is 9.03. The average molecular weight is 420 g/mol. The van der Waals surface area contributed by atoms with Crippen LogP contribution in [0.1, 0.15) is 127 Å². The standard InChI is InChI=1S/C30H45N/c1-2-3-4-5-6-7-23-8-13-30-21-29(19-18-28(30)20-23)27-16-14-26(15-17-27)25-11-9-24(22-31)10-12-25/h9-12,23,26-30H,2-8,13-21H2,1H3. The topological polar surface area (TPSA) is 23.8 Å². The molecule has 0 aliphatic heterocycles. The summed E-state index contributed by atoms with van der Waals surface area (Å²) in [6.07, 6.45) is 23.6. The number of benzene rings is 1. The highest BCUT2D eigenvalue weighted by Crippen LogP contribution is 2.50. The van der Waals surface area contributed by atoms with Crippen molar-refractivity contribution in [2.75, 3.05) is 0 Å². The molecular weight excluding hydrogens is 374 g/mol. The molecule has 4 atom stereocenters. The molecule has 0 spiro atoms. The van der Waals surface area contributed by atoms with Gasteiger partial charge in [-0.1, -0.05) is 64.0 Å². The van der Waals surface area contributed by atoms with Crippen molar-refractivity contribution in [3.8, 4) is 6.07 Å². The van der Waals surface area contributed by atoms with E-state index in [9.17, 15) is 0 Å². The lowest BCUT2D eigenvalue weighted by molar-refractivity contribution is 0.0613. The van der Waals surface area contributed by atoms with Crippen LogP contribution in [0.5, 0.6) is 0 Å². The van der Waals surface area contributed by atoms with E-state index >= 15 is 0 Å². The van der Waals surface area contributed by atoms with E-state index in [1.165, 1.54) is 89.0 Å². The minimum atomic E-state index is 0.730. The van der Waals surface area contributed by atoms with Gasteiger partial charge in [-0.3, -0.25) is 0 Å². The fourth-order valence-electron chi connectivity index (χ4n) is 7.50. The number of rotatable bonds is 8. The Morgan fingerprint density at radius 3 is 2.03 bits per heavy atom. The molecule has 0 amide bonds. The third-order valence-electron chi connectivity index (χ3n) is 9.43. The zero-order chi connectivity index (χ0) is 21.5. The van der Waals surface area contributed by atoms with Crippen LogP contribution in [0.25, 0.3) is 0 Å². The minimum absolute atomic E-state index is 0.730. The quantitative estimate of drug-likeness (QED) is 0.385. The van der Waals surface area contributed by atoms with Crippen molar-refractivity contribution in [3.05, 3.63) is 35.4 Å². The smallest absolute Gasteiger partial charge is 0.0991 e. The number of hydrogen-bond donors (Lipinski definition) is 0. The monoisotopic (exact) mass is 419 g/mol. The highest BCUT2D eigenvalue weighted by molar-refractivity contribution is 5.33. The molecule has 0 aromatic heterocycles. The highest BCUT2D eigenvalue weighted by Gasteiger charge is 2.38. The Balaban J connectivity index is 1.18. The fraction of sp³-hybridized carbons (Fsp3) is 0.767. The number of nitrogens with zero attached hydrogens (tertiary/aromatic N) is 1. The van der Waals surface area contributed by atoms with E-state index in [1.807, 2.05) is 12.1 Å². The predicted octanol–water partition coefficient (Wildman–Crippen LogP) is 9.03. The molecule has 0 bridgehead atoms. The largest absolute Gasteiger partial charge is 0.192 e. The maximum Gasteiger partial charge on any atom is 0.0991 e. The van der Waals surface area contributed by atoms with E-state index in [1.54, 1.807) is 19.3 Å². The average Bonchev–Trinajstić information content (AvgIpc) is 2.84. The maximum atomic E-state index is 9.03. The summed E-state index contributed by atoms with van der Waals surface area (Å²) in [7, 11) is 0. The van der Waals surface area contributed by atoms with E-state index in [-0.39, 0.29) is 0 Å². The van der Waals surface area contributed by atoms with Gasteiger partial charge < -0.3 is 0 Å². The van der Waals surface area contributed by atoms with E-state index in [2.05, 4.69) is 25.1 Å². The first kappa shape index (κ1) is 22.9. The first-order valence-corrected chi connectivity index (χ1v) is 13.8. The summed E-state index contributed by atoms with van der Waals surface area (Å²) in [6.45, 7) is 2.32. The second-order valence-corrected chi connectivity index (χ2v) is 11.3. The van der Waals surface area contributed by atoms with Crippen molar-refractivity contribution in [3.63, 3.8) is 0 Å². The molecule has 1 heteroatoms. The van der Waals surface area contributed by atoms with Crippen LogP contribution in [0, 0.1) is 40.9 Å². The lowest BCUT2D eigenvalue weighted by Gasteiger charge is -2.45. The molecule has 0 heterocycles. The molecule has 1 aromatic carbocycles. The molecular formula is C30H45N. The van der Waals surface area contributed by atoms with Gasteiger partial charge in [0.05, 0.1) is 11.6 Å². The molecule has 170 valence electrons. The van der Waals surface area contributed by atoms with Gasteiger partial charge in [0.2, 0.25) is 0 Å². The SMILES string of the molecule is CCCCCCCC1CCC2CC(C3CCC(c4ccc(C#N)cc4)CC3)CCC2C1. The van der Waals surface area contributed by atoms with E-state index in [0.29, 0.717) is 0 Å². The Labute approximate surface area is 192 Å². The van der Waals surface area contributed by atoms with Crippen LogP contribution < -0.4 is 0 Å². The van der Waals surface area contributed by atoms with Crippen molar-refractivity contribution >= 4 is 0 Å². The van der Waals surface area contributed by atoms with Crippen molar-refractivity contribution < 1.29 is 0 Å². The Bertz CT molecular complexity index is 690. The Morgan fingerprint density at radius 1 is 0.710 bits per heavy atom. The molecule has 0 N–H and O–H groups in total. The molecule has 4 unspecified atom stereocenters. The molecule has 0 saturated heterocycles. The molecule has 3 fully saturated rings. The van der Waals surface area contributed by atoms with Crippen molar-refractivity contribution in [2.45, 2.75) is 116 Å². The van der Waals surface area contributed by atoms with Gasteiger partial charge >= 0.3 is 0 Å². The summed E-state index contributed by atoms with van der Waals surface area (Å²) in [5.41, 5.74) is 2.26. The molecule has 4 rings (SSSR count). The Kier molecular flexibility index (Phi) is 8.52. The van der Waals surface area contributed by atoms with Gasteiger partial charge in [0.15, 0.2) is 0 Å². The first-order valence-electron chi connectivity index (χ1n) is 13.8. The minimum Gasteiger partial charge on any atom is -0.192 e. The number of fused-ring (bicyclic) bond motifs is 1. The fourth-order valence-corrected chi connectivity index (χ4v) is 7.50. The lowest BCUT2D eigenvalue weighted by Crippen LogP contribution is -2.34. The summed E-state index contributed by atoms with van der Waals surface area (Å²) < 4.78 is 0. The number of hydrogen-bond acceptors (Lipinski definition) is 1. The molecule has 3 aliphatic carbocycles. The first-order chi connectivity index (χ1) is 15.3. The molecule has 3 aliphatic rings. The van der Waals surface area contributed by atoms with Crippen LogP contribution in [0.4, 0.5) is 0 Å². The summed E-state index contributed by atoms with van der Waals surface area (Å²) >= 11 is 0. The van der Waals surface area contributed by atoms with Gasteiger partial charge in [-0.2, -0.15) is 5.26 Å². The third kappa shape index (κ3) is 6.15. The third-order valence-corrected chi connectivity index (χ3v) is 9.43. The van der Waals surface area contributed by atoms with Crippen LogP contribution in [0.2, 0.25) is 0 Å². The second kappa shape index (κ2) is 11.5. The van der Waals surface area contributed by atoms with Crippen molar-refractivity contribution in [2.24, 2.45) is 29.6 Å². The van der Waals surface area contributed by atoms with Crippen LogP contribution >= 0.6 is 0 Å². The summed E-state index contributed by atoms with van der Waals surface area (Å²) in [5, 5.41) is 9.03. The number of unbranched alkanes of at least 4 members (excludes halogenated alkanes) is 4. The van der Waals surface area contributed by atoms with Crippen LogP contribution in [0.15, 0.2) is 24.3 Å². The van der Waals surface area contributed by atoms with Gasteiger partial charge in [0.1, 0.15) is 0 Å².